The molecule has 3 aromatic rings. The van der Waals surface area contributed by atoms with Crippen LogP contribution < -0.4 is 4.31 Å². The van der Waals surface area contributed by atoms with Gasteiger partial charge in [-0.15, -0.1) is 0 Å². The molecule has 0 amide bonds. The van der Waals surface area contributed by atoms with Crippen molar-refractivity contribution in [1.82, 2.24) is 4.90 Å². The summed E-state index contributed by atoms with van der Waals surface area (Å²) in [5, 5.41) is 0. The summed E-state index contributed by atoms with van der Waals surface area (Å²) in [5.41, 5.74) is 0.249. The molecule has 1 saturated heterocycles. The Hall–Kier alpha value is -2.91. The molecule has 1 aliphatic rings. The van der Waals surface area contributed by atoms with E-state index >= 15 is 0 Å². The van der Waals surface area contributed by atoms with Gasteiger partial charge in [-0.05, 0) is 60.9 Å². The van der Waals surface area contributed by atoms with Crippen molar-refractivity contribution in [2.24, 2.45) is 0 Å². The van der Waals surface area contributed by atoms with E-state index in [1.54, 1.807) is 24.3 Å². The highest BCUT2D eigenvalue weighted by molar-refractivity contribution is 7.92. The maximum absolute atomic E-state index is 13.5. The van der Waals surface area contributed by atoms with Gasteiger partial charge in [0.1, 0.15) is 5.82 Å². The molecule has 0 saturated carbocycles. The minimum Gasteiger partial charge on any atom is -0.299 e. The average Bonchev–Trinajstić information content (AvgIpc) is 2.82. The van der Waals surface area contributed by atoms with Gasteiger partial charge < -0.3 is 0 Å². The highest BCUT2D eigenvalue weighted by atomic mass is 32.2. The molecular formula is C25H24F4N2O2S. The first-order valence-electron chi connectivity index (χ1n) is 10.9. The Morgan fingerprint density at radius 2 is 1.53 bits per heavy atom. The van der Waals surface area contributed by atoms with Crippen LogP contribution in [0.4, 0.5) is 23.2 Å². The Morgan fingerprint density at radius 3 is 2.15 bits per heavy atom. The van der Waals surface area contributed by atoms with Crippen molar-refractivity contribution in [3.8, 4) is 0 Å². The van der Waals surface area contributed by atoms with Crippen LogP contribution in [-0.4, -0.2) is 32.4 Å². The summed E-state index contributed by atoms with van der Waals surface area (Å²) >= 11 is 0. The summed E-state index contributed by atoms with van der Waals surface area (Å²) in [6.07, 6.45) is -3.42. The van der Waals surface area contributed by atoms with Crippen molar-refractivity contribution in [2.75, 3.05) is 17.4 Å². The van der Waals surface area contributed by atoms with Crippen molar-refractivity contribution in [2.45, 2.75) is 36.5 Å². The molecule has 0 radical (unpaired) electrons. The van der Waals surface area contributed by atoms with Crippen molar-refractivity contribution in [3.05, 3.63) is 95.8 Å². The van der Waals surface area contributed by atoms with Crippen molar-refractivity contribution in [1.29, 1.82) is 0 Å². The van der Waals surface area contributed by atoms with E-state index in [1.807, 2.05) is 4.90 Å². The smallest absolute Gasteiger partial charge is 0.299 e. The summed E-state index contributed by atoms with van der Waals surface area (Å²) in [6, 6.07) is 18.3. The topological polar surface area (TPSA) is 40.6 Å². The van der Waals surface area contributed by atoms with Gasteiger partial charge in [0.25, 0.3) is 10.0 Å². The van der Waals surface area contributed by atoms with Crippen LogP contribution in [0.3, 0.4) is 0 Å². The lowest BCUT2D eigenvalue weighted by Crippen LogP contribution is -2.47. The van der Waals surface area contributed by atoms with E-state index in [9.17, 15) is 26.0 Å². The molecular weight excluding hydrogens is 468 g/mol. The number of sulfonamides is 1. The summed E-state index contributed by atoms with van der Waals surface area (Å²) in [7, 11) is -3.90. The predicted molar refractivity (Wildman–Crippen MR) is 122 cm³/mol. The van der Waals surface area contributed by atoms with Gasteiger partial charge in [0.15, 0.2) is 0 Å². The van der Waals surface area contributed by atoms with Gasteiger partial charge in [0, 0.05) is 25.7 Å². The normalized spacial score (nSPS) is 15.9. The summed E-state index contributed by atoms with van der Waals surface area (Å²) in [4.78, 5) is 2.16. The molecule has 4 rings (SSSR count). The number of hydrogen-bond donors (Lipinski definition) is 0. The van der Waals surface area contributed by atoms with E-state index in [4.69, 9.17) is 0 Å². The van der Waals surface area contributed by atoms with Crippen LogP contribution in [0.15, 0.2) is 83.8 Å². The van der Waals surface area contributed by atoms with Crippen LogP contribution in [0.25, 0.3) is 0 Å². The van der Waals surface area contributed by atoms with Crippen LogP contribution in [0, 0.1) is 5.82 Å². The van der Waals surface area contributed by atoms with E-state index in [2.05, 4.69) is 0 Å². The zero-order valence-electron chi connectivity index (χ0n) is 18.2. The number of anilines is 1. The third-order valence-electron chi connectivity index (χ3n) is 5.93. The Bertz CT molecular complexity index is 1210. The van der Waals surface area contributed by atoms with Crippen molar-refractivity contribution >= 4 is 15.7 Å². The summed E-state index contributed by atoms with van der Waals surface area (Å²) in [5.74, 6) is -0.461. The highest BCUT2D eigenvalue weighted by Crippen LogP contribution is 2.32. The van der Waals surface area contributed by atoms with Gasteiger partial charge >= 0.3 is 6.18 Å². The Labute approximate surface area is 196 Å². The van der Waals surface area contributed by atoms with E-state index < -0.39 is 27.6 Å². The molecule has 1 heterocycles. The van der Waals surface area contributed by atoms with E-state index in [0.717, 1.165) is 12.1 Å². The largest absolute Gasteiger partial charge is 0.416 e. The standard InChI is InChI=1S/C25H24F4N2O2S/c26-21-9-11-22(12-10-21)31(34(32,33)24-7-2-1-3-8-24)23-13-15-30(16-14-23)18-19-5-4-6-20(17-19)25(27,28)29/h1-12,17,23H,13-16,18H2. The molecule has 0 bridgehead atoms. The molecule has 0 spiro atoms. The van der Waals surface area contributed by atoms with Crippen LogP contribution in [0.2, 0.25) is 0 Å². The van der Waals surface area contributed by atoms with Crippen LogP contribution in [0.5, 0.6) is 0 Å². The number of hydrogen-bond acceptors (Lipinski definition) is 3. The molecule has 4 nitrogen and oxygen atoms in total. The zero-order chi connectivity index (χ0) is 24.3. The molecule has 0 N–H and O–H groups in total. The molecule has 1 aliphatic heterocycles. The molecule has 0 atom stereocenters. The van der Waals surface area contributed by atoms with Crippen LogP contribution in [0.1, 0.15) is 24.0 Å². The zero-order valence-corrected chi connectivity index (χ0v) is 19.1. The van der Waals surface area contributed by atoms with Crippen LogP contribution in [-0.2, 0) is 22.7 Å². The third kappa shape index (κ3) is 5.42. The Kier molecular flexibility index (Phi) is 6.95. The fourth-order valence-electron chi connectivity index (χ4n) is 4.26. The minimum absolute atomic E-state index is 0.144. The van der Waals surface area contributed by atoms with E-state index in [-0.39, 0.29) is 10.9 Å². The van der Waals surface area contributed by atoms with E-state index in [1.165, 1.54) is 46.8 Å². The molecule has 34 heavy (non-hydrogen) atoms. The first-order valence-corrected chi connectivity index (χ1v) is 12.3. The predicted octanol–water partition coefficient (Wildman–Crippen LogP) is 5.70. The van der Waals surface area contributed by atoms with Crippen molar-refractivity contribution in [3.63, 3.8) is 0 Å². The monoisotopic (exact) mass is 492 g/mol. The van der Waals surface area contributed by atoms with Gasteiger partial charge in [-0.1, -0.05) is 36.4 Å². The Balaban J connectivity index is 1.53. The average molecular weight is 493 g/mol. The molecule has 9 heteroatoms. The quantitative estimate of drug-likeness (QED) is 0.414. The highest BCUT2D eigenvalue weighted by Gasteiger charge is 2.34. The molecule has 0 aliphatic carbocycles. The first kappa shape index (κ1) is 24.2. The number of piperidine rings is 1. The minimum atomic E-state index is -4.40. The lowest BCUT2D eigenvalue weighted by molar-refractivity contribution is -0.137. The molecule has 0 unspecified atom stereocenters. The number of halogens is 4. The van der Waals surface area contributed by atoms with Gasteiger partial charge in [-0.3, -0.25) is 9.21 Å². The molecule has 180 valence electrons. The maximum Gasteiger partial charge on any atom is 0.416 e. The lowest BCUT2D eigenvalue weighted by atomic mass is 10.0. The SMILES string of the molecule is O=S(=O)(c1ccccc1)N(c1ccc(F)cc1)C1CCN(Cc2cccc(C(F)(F)F)c2)CC1. The van der Waals surface area contributed by atoms with Crippen LogP contribution >= 0.6 is 0 Å². The van der Waals surface area contributed by atoms with Gasteiger partial charge in [0.2, 0.25) is 0 Å². The van der Waals surface area contributed by atoms with Gasteiger partial charge in [-0.2, -0.15) is 13.2 Å². The fraction of sp³-hybridized carbons (Fsp3) is 0.280. The summed E-state index contributed by atoms with van der Waals surface area (Å²) < 4.78 is 81.0. The molecule has 0 aromatic heterocycles. The second kappa shape index (κ2) is 9.76. The number of likely N-dealkylation sites (tertiary alicyclic amines) is 1. The maximum atomic E-state index is 13.5. The molecule has 3 aromatic carbocycles. The second-order valence-electron chi connectivity index (χ2n) is 8.30. The fourth-order valence-corrected chi connectivity index (χ4v) is 5.99. The molecule has 1 fully saturated rings. The number of benzene rings is 3. The van der Waals surface area contributed by atoms with Crippen molar-refractivity contribution < 1.29 is 26.0 Å². The van der Waals surface area contributed by atoms with Gasteiger partial charge in [-0.25, -0.2) is 12.8 Å². The lowest BCUT2D eigenvalue weighted by Gasteiger charge is -2.39. The van der Waals surface area contributed by atoms with E-state index in [0.29, 0.717) is 43.7 Å². The Morgan fingerprint density at radius 1 is 0.882 bits per heavy atom. The number of alkyl halides is 3. The number of rotatable bonds is 6. The summed E-state index contributed by atoms with van der Waals surface area (Å²) in [6.45, 7) is 1.38. The third-order valence-corrected chi connectivity index (χ3v) is 7.83. The first-order chi connectivity index (χ1) is 16.1. The number of nitrogens with zero attached hydrogens (tertiary/aromatic N) is 2. The second-order valence-corrected chi connectivity index (χ2v) is 10.1. The van der Waals surface area contributed by atoms with Gasteiger partial charge in [0.05, 0.1) is 16.1 Å².